The van der Waals surface area contributed by atoms with Crippen LogP contribution in [0.5, 0.6) is 5.75 Å². The molecular weight excluding hydrogens is 449 g/mol. The van der Waals surface area contributed by atoms with Crippen LogP contribution in [0, 0.1) is 5.92 Å². The van der Waals surface area contributed by atoms with Gasteiger partial charge in [-0.3, -0.25) is 10.1 Å². The molecule has 0 saturated carbocycles. The molecule has 0 aromatic heterocycles. The second kappa shape index (κ2) is 9.63. The highest BCUT2D eigenvalue weighted by Crippen LogP contribution is 2.30. The minimum absolute atomic E-state index is 0.0733. The third-order valence-corrected chi connectivity index (χ3v) is 6.26. The van der Waals surface area contributed by atoms with Gasteiger partial charge in [0.25, 0.3) is 0 Å². The Morgan fingerprint density at radius 3 is 2.50 bits per heavy atom. The van der Waals surface area contributed by atoms with E-state index in [9.17, 15) is 14.7 Å². The molecule has 1 aliphatic rings. The van der Waals surface area contributed by atoms with Gasteiger partial charge < -0.3 is 9.84 Å². The second-order valence-corrected chi connectivity index (χ2v) is 8.61. The number of amides is 1. The number of carbonyl (C=O) groups excluding carboxylic acids is 2. The summed E-state index contributed by atoms with van der Waals surface area (Å²) in [5, 5.41) is 13.1. The molecule has 1 aliphatic carbocycles. The van der Waals surface area contributed by atoms with Crippen LogP contribution in [0.25, 0.3) is 0 Å². The molecule has 0 heterocycles. The molecule has 32 heavy (non-hydrogen) atoms. The molecule has 0 saturated heterocycles. The van der Waals surface area contributed by atoms with Crippen LogP contribution < -0.4 is 5.32 Å². The number of nitrogens with one attached hydrogen (secondary N) is 1. The number of aryl methyl sites for hydroxylation is 1. The van der Waals surface area contributed by atoms with Crippen molar-refractivity contribution in [1.29, 1.82) is 0 Å². The number of phenolic OH excluding ortho intramolecular Hbond substituents is 1. The van der Waals surface area contributed by atoms with Crippen LogP contribution in [0.3, 0.4) is 0 Å². The molecule has 1 amide bonds. The van der Waals surface area contributed by atoms with Crippen molar-refractivity contribution < 1.29 is 19.4 Å². The van der Waals surface area contributed by atoms with E-state index in [2.05, 4.69) is 5.32 Å². The number of hydrogen-bond donors (Lipinski definition) is 2. The Labute approximate surface area is 195 Å². The average molecular weight is 470 g/mol. The maximum atomic E-state index is 12.8. The van der Waals surface area contributed by atoms with Gasteiger partial charge >= 0.3 is 6.09 Å². The molecule has 1 atom stereocenters. The molecule has 0 spiro atoms. The standard InChI is InChI=1S/C25H21Cl2NO4/c26-22-10-3-16(12-23(22)27)14-32-25(31)28-19-6-1-15(2-7-19)11-18-5-4-17-13-20(29)8-9-21(17)24(18)30/h1-3,6-10,12-13,18,29H,4-5,11,14H2,(H,28,31). The minimum Gasteiger partial charge on any atom is -0.508 e. The first-order valence-corrected chi connectivity index (χ1v) is 11.0. The topological polar surface area (TPSA) is 75.6 Å². The maximum absolute atomic E-state index is 12.8. The fourth-order valence-corrected chi connectivity index (χ4v) is 4.16. The van der Waals surface area contributed by atoms with E-state index in [-0.39, 0.29) is 24.1 Å². The van der Waals surface area contributed by atoms with Gasteiger partial charge in [0.1, 0.15) is 12.4 Å². The first-order valence-electron chi connectivity index (χ1n) is 10.2. The van der Waals surface area contributed by atoms with E-state index >= 15 is 0 Å². The van der Waals surface area contributed by atoms with Gasteiger partial charge in [-0.2, -0.15) is 0 Å². The summed E-state index contributed by atoms with van der Waals surface area (Å²) in [6, 6.07) is 17.3. The molecule has 3 aromatic carbocycles. The molecule has 4 rings (SSSR count). The smallest absolute Gasteiger partial charge is 0.411 e. The first kappa shape index (κ1) is 22.2. The maximum Gasteiger partial charge on any atom is 0.411 e. The summed E-state index contributed by atoms with van der Waals surface area (Å²) in [6.45, 7) is 0.0733. The van der Waals surface area contributed by atoms with Gasteiger partial charge in [-0.1, -0.05) is 41.4 Å². The van der Waals surface area contributed by atoms with E-state index in [1.54, 1.807) is 48.5 Å². The van der Waals surface area contributed by atoms with E-state index in [1.807, 2.05) is 12.1 Å². The predicted molar refractivity (Wildman–Crippen MR) is 125 cm³/mol. The van der Waals surface area contributed by atoms with Gasteiger partial charge in [0.2, 0.25) is 0 Å². The van der Waals surface area contributed by atoms with Crippen LogP contribution in [0.2, 0.25) is 10.0 Å². The zero-order valence-corrected chi connectivity index (χ0v) is 18.6. The lowest BCUT2D eigenvalue weighted by Gasteiger charge is -2.23. The summed E-state index contributed by atoms with van der Waals surface area (Å²) in [4.78, 5) is 24.9. The zero-order valence-electron chi connectivity index (χ0n) is 17.1. The summed E-state index contributed by atoms with van der Waals surface area (Å²) in [5.41, 5.74) is 3.95. The Morgan fingerprint density at radius 1 is 1.00 bits per heavy atom. The summed E-state index contributed by atoms with van der Waals surface area (Å²) in [6.07, 6.45) is 1.56. The number of carbonyl (C=O) groups is 2. The van der Waals surface area contributed by atoms with Gasteiger partial charge in [0.15, 0.2) is 5.78 Å². The van der Waals surface area contributed by atoms with Gasteiger partial charge in [0, 0.05) is 17.2 Å². The van der Waals surface area contributed by atoms with Crippen LogP contribution in [-0.4, -0.2) is 17.0 Å². The number of rotatable bonds is 5. The molecule has 5 nitrogen and oxygen atoms in total. The number of fused-ring (bicyclic) bond motifs is 1. The Kier molecular flexibility index (Phi) is 6.68. The lowest BCUT2D eigenvalue weighted by Crippen LogP contribution is -2.24. The van der Waals surface area contributed by atoms with E-state index in [1.165, 1.54) is 0 Å². The molecule has 2 N–H and O–H groups in total. The molecule has 7 heteroatoms. The number of Topliss-reactive ketones (excluding diaryl/α,β-unsaturated/α-hetero) is 1. The van der Waals surface area contributed by atoms with Crippen LogP contribution >= 0.6 is 23.2 Å². The third-order valence-electron chi connectivity index (χ3n) is 5.52. The van der Waals surface area contributed by atoms with Crippen molar-refractivity contribution in [2.75, 3.05) is 5.32 Å². The highest BCUT2D eigenvalue weighted by atomic mass is 35.5. The number of hydrogen-bond acceptors (Lipinski definition) is 4. The molecule has 164 valence electrons. The second-order valence-electron chi connectivity index (χ2n) is 7.79. The van der Waals surface area contributed by atoms with Crippen molar-refractivity contribution in [2.45, 2.75) is 25.9 Å². The minimum atomic E-state index is -0.578. The summed E-state index contributed by atoms with van der Waals surface area (Å²) in [7, 11) is 0. The zero-order chi connectivity index (χ0) is 22.7. The van der Waals surface area contributed by atoms with Crippen molar-refractivity contribution in [3.8, 4) is 5.75 Å². The number of aromatic hydroxyl groups is 1. The van der Waals surface area contributed by atoms with Crippen LogP contribution in [0.1, 0.15) is 33.5 Å². The molecular formula is C25H21Cl2NO4. The lowest BCUT2D eigenvalue weighted by atomic mass is 9.79. The largest absolute Gasteiger partial charge is 0.508 e. The van der Waals surface area contributed by atoms with Gasteiger partial charge in [-0.15, -0.1) is 0 Å². The number of anilines is 1. The Bertz CT molecular complexity index is 1160. The Balaban J connectivity index is 1.31. The van der Waals surface area contributed by atoms with Crippen LogP contribution in [-0.2, 0) is 24.2 Å². The van der Waals surface area contributed by atoms with Crippen molar-refractivity contribution >= 4 is 40.8 Å². The fourth-order valence-electron chi connectivity index (χ4n) is 3.84. The van der Waals surface area contributed by atoms with Crippen molar-refractivity contribution in [3.05, 3.63) is 93.0 Å². The van der Waals surface area contributed by atoms with Crippen LogP contribution in [0.15, 0.2) is 60.7 Å². The van der Waals surface area contributed by atoms with Gasteiger partial charge in [-0.25, -0.2) is 4.79 Å². The van der Waals surface area contributed by atoms with Gasteiger partial charge in [-0.05, 0) is 78.4 Å². The van der Waals surface area contributed by atoms with E-state index < -0.39 is 6.09 Å². The Morgan fingerprint density at radius 2 is 1.75 bits per heavy atom. The monoisotopic (exact) mass is 469 g/mol. The highest BCUT2D eigenvalue weighted by Gasteiger charge is 2.27. The number of ether oxygens (including phenoxy) is 1. The normalized spacial score (nSPS) is 15.2. The van der Waals surface area contributed by atoms with Crippen molar-refractivity contribution in [3.63, 3.8) is 0 Å². The third kappa shape index (κ3) is 5.23. The molecule has 0 radical (unpaired) electrons. The highest BCUT2D eigenvalue weighted by molar-refractivity contribution is 6.42. The van der Waals surface area contributed by atoms with Gasteiger partial charge in [0.05, 0.1) is 10.0 Å². The Hall–Kier alpha value is -3.02. The summed E-state index contributed by atoms with van der Waals surface area (Å²) in [5.74, 6) is 0.204. The summed E-state index contributed by atoms with van der Waals surface area (Å²) >= 11 is 11.8. The molecule has 3 aromatic rings. The number of benzene rings is 3. The number of halogens is 2. The van der Waals surface area contributed by atoms with E-state index in [4.69, 9.17) is 27.9 Å². The van der Waals surface area contributed by atoms with Crippen molar-refractivity contribution in [1.82, 2.24) is 0 Å². The number of phenols is 1. The molecule has 0 bridgehead atoms. The van der Waals surface area contributed by atoms with Crippen molar-refractivity contribution in [2.24, 2.45) is 5.92 Å². The number of ketones is 1. The fraction of sp³-hybridized carbons (Fsp3) is 0.200. The predicted octanol–water partition coefficient (Wildman–Crippen LogP) is 6.44. The molecule has 1 unspecified atom stereocenters. The van der Waals surface area contributed by atoms with Crippen LogP contribution in [0.4, 0.5) is 10.5 Å². The lowest BCUT2D eigenvalue weighted by molar-refractivity contribution is 0.0901. The first-order chi connectivity index (χ1) is 15.4. The molecule has 0 aliphatic heterocycles. The SMILES string of the molecule is O=C(Nc1ccc(CC2CCc3cc(O)ccc3C2=O)cc1)OCc1ccc(Cl)c(Cl)c1. The molecule has 0 fully saturated rings. The average Bonchev–Trinajstić information content (AvgIpc) is 2.78. The van der Waals surface area contributed by atoms with E-state index in [0.717, 1.165) is 29.5 Å². The summed E-state index contributed by atoms with van der Waals surface area (Å²) < 4.78 is 5.22. The van der Waals surface area contributed by atoms with E-state index in [0.29, 0.717) is 27.7 Å². The quantitative estimate of drug-likeness (QED) is 0.450.